The highest BCUT2D eigenvalue weighted by atomic mass is 35.5. The van der Waals surface area contributed by atoms with Gasteiger partial charge in [0.2, 0.25) is 0 Å². The zero-order valence-electron chi connectivity index (χ0n) is 10.9. The van der Waals surface area contributed by atoms with E-state index in [-0.39, 0.29) is 0 Å². The lowest BCUT2D eigenvalue weighted by Crippen LogP contribution is -2.84. The van der Waals surface area contributed by atoms with Gasteiger partial charge in [-0.3, -0.25) is 0 Å². The van der Waals surface area contributed by atoms with E-state index in [4.69, 9.17) is 27.9 Å². The summed E-state index contributed by atoms with van der Waals surface area (Å²) in [7, 11) is 0. The second kappa shape index (κ2) is 9.48. The second-order valence-electron chi connectivity index (χ2n) is 4.33. The van der Waals surface area contributed by atoms with Crippen molar-refractivity contribution in [2.24, 2.45) is 0 Å². The molecular formula is C14H22Cl2NO+. The maximum absolute atomic E-state index is 6.03. The lowest BCUT2D eigenvalue weighted by molar-refractivity contribution is -0.655. The Morgan fingerprint density at radius 2 is 1.89 bits per heavy atom. The highest BCUT2D eigenvalue weighted by Crippen LogP contribution is 2.31. The summed E-state index contributed by atoms with van der Waals surface area (Å²) in [6.07, 6.45) is 4.79. The average molecular weight is 291 g/mol. The first-order chi connectivity index (χ1) is 8.75. The molecule has 1 aromatic rings. The molecule has 0 aromatic heterocycles. The van der Waals surface area contributed by atoms with Gasteiger partial charge in [0.15, 0.2) is 0 Å². The minimum absolute atomic E-state index is 0.508. The van der Waals surface area contributed by atoms with Crippen molar-refractivity contribution in [3.63, 3.8) is 0 Å². The number of rotatable bonds is 9. The summed E-state index contributed by atoms with van der Waals surface area (Å²) < 4.78 is 5.62. The number of benzene rings is 1. The van der Waals surface area contributed by atoms with Gasteiger partial charge in [-0.25, -0.2) is 0 Å². The molecule has 2 N–H and O–H groups in total. The van der Waals surface area contributed by atoms with E-state index in [0.717, 1.165) is 6.42 Å². The Bertz CT molecular complexity index is 345. The molecule has 1 rings (SSSR count). The van der Waals surface area contributed by atoms with Crippen molar-refractivity contribution < 1.29 is 10.1 Å². The first-order valence-electron chi connectivity index (χ1n) is 6.64. The fraction of sp³-hybridized carbons (Fsp3) is 0.571. The van der Waals surface area contributed by atoms with Crippen LogP contribution in [0.25, 0.3) is 0 Å². The molecule has 0 spiro atoms. The van der Waals surface area contributed by atoms with Crippen LogP contribution in [0, 0.1) is 0 Å². The standard InChI is InChI=1S/C14H21Cl2NO/c1-2-3-9-17-10-4-5-11-18-13-8-6-7-12(15)14(13)16/h6-8,17H,2-5,9-11H2,1H3/p+1. The topological polar surface area (TPSA) is 25.8 Å². The van der Waals surface area contributed by atoms with Crippen LogP contribution in [-0.2, 0) is 0 Å². The molecule has 0 bridgehead atoms. The van der Waals surface area contributed by atoms with Crippen molar-refractivity contribution in [2.75, 3.05) is 19.7 Å². The van der Waals surface area contributed by atoms with Gasteiger partial charge in [-0.15, -0.1) is 0 Å². The van der Waals surface area contributed by atoms with Crippen LogP contribution in [0.3, 0.4) is 0 Å². The molecule has 0 saturated heterocycles. The Morgan fingerprint density at radius 1 is 1.11 bits per heavy atom. The first-order valence-corrected chi connectivity index (χ1v) is 7.39. The van der Waals surface area contributed by atoms with Crippen molar-refractivity contribution in [2.45, 2.75) is 32.6 Å². The van der Waals surface area contributed by atoms with Gasteiger partial charge in [0, 0.05) is 0 Å². The molecule has 0 heterocycles. The van der Waals surface area contributed by atoms with Crippen molar-refractivity contribution in [1.82, 2.24) is 0 Å². The molecule has 1 aromatic carbocycles. The summed E-state index contributed by atoms with van der Waals surface area (Å²) in [6.45, 7) is 5.32. The third-order valence-electron chi connectivity index (χ3n) is 2.74. The van der Waals surface area contributed by atoms with Crippen LogP contribution in [-0.4, -0.2) is 19.7 Å². The highest BCUT2D eigenvalue weighted by molar-refractivity contribution is 6.42. The Morgan fingerprint density at radius 3 is 2.67 bits per heavy atom. The number of quaternary nitrogens is 1. The van der Waals surface area contributed by atoms with Gasteiger partial charge in [-0.05, 0) is 31.4 Å². The number of unbranched alkanes of at least 4 members (excludes halogenated alkanes) is 2. The molecule has 0 unspecified atom stereocenters. The minimum atomic E-state index is 0.508. The molecule has 2 nitrogen and oxygen atoms in total. The van der Waals surface area contributed by atoms with Crippen LogP contribution < -0.4 is 10.1 Å². The minimum Gasteiger partial charge on any atom is -0.492 e. The SMILES string of the molecule is CCCC[NH2+]CCCCOc1cccc(Cl)c1Cl. The van der Waals surface area contributed by atoms with Gasteiger partial charge < -0.3 is 10.1 Å². The van der Waals surface area contributed by atoms with E-state index < -0.39 is 0 Å². The van der Waals surface area contributed by atoms with E-state index in [1.165, 1.54) is 32.4 Å². The van der Waals surface area contributed by atoms with Crippen LogP contribution in [0.5, 0.6) is 5.75 Å². The van der Waals surface area contributed by atoms with Crippen LogP contribution in [0.4, 0.5) is 0 Å². The average Bonchev–Trinajstić information content (AvgIpc) is 2.37. The van der Waals surface area contributed by atoms with Crippen molar-refractivity contribution >= 4 is 23.2 Å². The third kappa shape index (κ3) is 5.94. The molecule has 18 heavy (non-hydrogen) atoms. The largest absolute Gasteiger partial charge is 0.492 e. The lowest BCUT2D eigenvalue weighted by Gasteiger charge is -2.08. The molecule has 0 radical (unpaired) electrons. The molecule has 0 amide bonds. The molecule has 0 aliphatic heterocycles. The fourth-order valence-corrected chi connectivity index (χ4v) is 2.01. The number of halogens is 2. The first kappa shape index (κ1) is 15.6. The highest BCUT2D eigenvalue weighted by Gasteiger charge is 2.04. The predicted octanol–water partition coefficient (Wildman–Crippen LogP) is 3.52. The smallest absolute Gasteiger partial charge is 0.139 e. The monoisotopic (exact) mass is 290 g/mol. The van der Waals surface area contributed by atoms with Gasteiger partial charge in [-0.2, -0.15) is 0 Å². The van der Waals surface area contributed by atoms with E-state index >= 15 is 0 Å². The van der Waals surface area contributed by atoms with Crippen LogP contribution in [0.1, 0.15) is 32.6 Å². The number of hydrogen-bond acceptors (Lipinski definition) is 1. The Balaban J connectivity index is 2.09. The molecule has 0 aliphatic carbocycles. The van der Waals surface area contributed by atoms with Crippen LogP contribution in [0.2, 0.25) is 10.0 Å². The van der Waals surface area contributed by atoms with E-state index in [0.29, 0.717) is 22.4 Å². The van der Waals surface area contributed by atoms with Gasteiger partial charge >= 0.3 is 0 Å². The summed E-state index contributed by atoms with van der Waals surface area (Å²) >= 11 is 11.9. The summed E-state index contributed by atoms with van der Waals surface area (Å²) in [4.78, 5) is 0. The van der Waals surface area contributed by atoms with E-state index in [1.807, 2.05) is 12.1 Å². The Hall–Kier alpha value is -0.440. The van der Waals surface area contributed by atoms with E-state index in [2.05, 4.69) is 12.2 Å². The zero-order valence-corrected chi connectivity index (χ0v) is 12.4. The van der Waals surface area contributed by atoms with Crippen molar-refractivity contribution in [1.29, 1.82) is 0 Å². The number of nitrogens with two attached hydrogens (primary N) is 1. The number of ether oxygens (including phenoxy) is 1. The summed E-state index contributed by atoms with van der Waals surface area (Å²) in [5, 5.41) is 3.42. The Labute approximate surface area is 120 Å². The van der Waals surface area contributed by atoms with Gasteiger partial charge in [0.25, 0.3) is 0 Å². The van der Waals surface area contributed by atoms with Gasteiger partial charge in [0.05, 0.1) is 24.7 Å². The molecule has 0 saturated carbocycles. The lowest BCUT2D eigenvalue weighted by atomic mass is 10.3. The van der Waals surface area contributed by atoms with Crippen molar-refractivity contribution in [3.05, 3.63) is 28.2 Å². The van der Waals surface area contributed by atoms with E-state index in [1.54, 1.807) is 6.07 Å². The molecule has 4 heteroatoms. The Kier molecular flexibility index (Phi) is 8.23. The molecule has 0 fully saturated rings. The van der Waals surface area contributed by atoms with Crippen LogP contribution >= 0.6 is 23.2 Å². The number of hydrogen-bond donors (Lipinski definition) is 1. The fourth-order valence-electron chi connectivity index (χ4n) is 1.66. The maximum Gasteiger partial charge on any atom is 0.139 e. The molecule has 0 atom stereocenters. The summed E-state index contributed by atoms with van der Waals surface area (Å²) in [5.41, 5.74) is 0. The zero-order chi connectivity index (χ0) is 13.2. The third-order valence-corrected chi connectivity index (χ3v) is 3.54. The predicted molar refractivity (Wildman–Crippen MR) is 77.8 cm³/mol. The van der Waals surface area contributed by atoms with Gasteiger partial charge in [0.1, 0.15) is 10.8 Å². The second-order valence-corrected chi connectivity index (χ2v) is 5.11. The van der Waals surface area contributed by atoms with E-state index in [9.17, 15) is 0 Å². The molecule has 0 aliphatic rings. The van der Waals surface area contributed by atoms with Crippen molar-refractivity contribution in [3.8, 4) is 5.75 Å². The van der Waals surface area contributed by atoms with Gasteiger partial charge in [-0.1, -0.05) is 42.6 Å². The molecule has 102 valence electrons. The quantitative estimate of drug-likeness (QED) is 0.692. The summed E-state index contributed by atoms with van der Waals surface area (Å²) in [6, 6.07) is 5.46. The van der Waals surface area contributed by atoms with Crippen LogP contribution in [0.15, 0.2) is 18.2 Å². The molecular weight excluding hydrogens is 269 g/mol. The maximum atomic E-state index is 6.03. The summed E-state index contributed by atoms with van der Waals surface area (Å²) in [5.74, 6) is 0.680. The normalized spacial score (nSPS) is 10.6.